The van der Waals surface area contributed by atoms with E-state index in [0.717, 1.165) is 0 Å². The highest BCUT2D eigenvalue weighted by molar-refractivity contribution is 6.33. The van der Waals surface area contributed by atoms with Crippen molar-refractivity contribution in [3.8, 4) is 0 Å². The summed E-state index contributed by atoms with van der Waals surface area (Å²) in [6.45, 7) is 0.901. The average molecular weight is 282 g/mol. The molecule has 0 unspecified atom stereocenters. The normalized spacial score (nSPS) is 10.2. The number of amides is 1. The van der Waals surface area contributed by atoms with Crippen LogP contribution in [0.4, 0.5) is 5.82 Å². The maximum Gasteiger partial charge on any atom is 0.271 e. The first-order chi connectivity index (χ1) is 9.20. The number of nitrogen functional groups attached to an aromatic ring is 1. The lowest BCUT2D eigenvalue weighted by atomic mass is 10.3. The number of carbonyl (C=O) groups is 1. The molecule has 9 heteroatoms. The summed E-state index contributed by atoms with van der Waals surface area (Å²) in [6, 6.07) is 3.13. The van der Waals surface area contributed by atoms with E-state index in [9.17, 15) is 4.79 Å². The van der Waals surface area contributed by atoms with Gasteiger partial charge in [-0.1, -0.05) is 16.8 Å². The molecule has 2 aromatic heterocycles. The van der Waals surface area contributed by atoms with Crippen LogP contribution in [-0.4, -0.2) is 32.4 Å². The molecule has 0 saturated heterocycles. The Bertz CT molecular complexity index is 557. The Hall–Kier alpha value is -2.19. The van der Waals surface area contributed by atoms with E-state index in [1.165, 1.54) is 0 Å². The van der Waals surface area contributed by atoms with Crippen molar-refractivity contribution in [3.05, 3.63) is 35.2 Å². The lowest BCUT2D eigenvalue weighted by molar-refractivity contribution is 0.0947. The Kier molecular flexibility index (Phi) is 4.26. The second-order valence-corrected chi connectivity index (χ2v) is 4.00. The fourth-order valence-corrected chi connectivity index (χ4v) is 1.59. The number of hydrogen-bond acceptors (Lipinski definition) is 6. The molecule has 0 spiro atoms. The van der Waals surface area contributed by atoms with Crippen LogP contribution in [0.3, 0.4) is 0 Å². The number of nitrogens with zero attached hydrogens (tertiary/aromatic N) is 4. The number of aromatic nitrogens is 4. The lowest BCUT2D eigenvalue weighted by Crippen LogP contribution is -2.28. The monoisotopic (exact) mass is 281 g/mol. The fraction of sp³-hybridized carbons (Fsp3) is 0.200. The van der Waals surface area contributed by atoms with Crippen molar-refractivity contribution >= 4 is 23.3 Å². The van der Waals surface area contributed by atoms with Crippen LogP contribution >= 0.6 is 11.6 Å². The largest absolute Gasteiger partial charge is 0.349 e. The highest BCUT2D eigenvalue weighted by atomic mass is 35.5. The van der Waals surface area contributed by atoms with Crippen LogP contribution in [0.15, 0.2) is 24.5 Å². The first-order valence-corrected chi connectivity index (χ1v) is 5.84. The summed E-state index contributed by atoms with van der Waals surface area (Å²) < 4.78 is 1.60. The van der Waals surface area contributed by atoms with Gasteiger partial charge in [-0.2, -0.15) is 0 Å². The molecule has 0 aromatic carbocycles. The minimum Gasteiger partial charge on any atom is -0.349 e. The van der Waals surface area contributed by atoms with Gasteiger partial charge in [-0.05, 0) is 12.1 Å². The summed E-state index contributed by atoms with van der Waals surface area (Å²) in [4.78, 5) is 15.9. The molecule has 0 aliphatic rings. The minimum atomic E-state index is -0.373. The van der Waals surface area contributed by atoms with Crippen molar-refractivity contribution in [3.63, 3.8) is 0 Å². The molecule has 0 bridgehead atoms. The van der Waals surface area contributed by atoms with Crippen molar-refractivity contribution in [2.45, 2.75) is 6.54 Å². The minimum absolute atomic E-state index is 0.121. The van der Waals surface area contributed by atoms with Crippen LogP contribution in [0, 0.1) is 0 Å². The molecule has 0 fully saturated rings. The molecular formula is C10H12ClN7O. The number of halogens is 1. The predicted octanol–water partition coefficient (Wildman–Crippen LogP) is 0.0421. The summed E-state index contributed by atoms with van der Waals surface area (Å²) in [5, 5.41) is 10.4. The molecule has 19 heavy (non-hydrogen) atoms. The number of nitrogens with two attached hydrogens (primary N) is 1. The van der Waals surface area contributed by atoms with Gasteiger partial charge in [0.1, 0.15) is 11.5 Å². The maximum absolute atomic E-state index is 11.9. The number of hydrazine groups is 1. The van der Waals surface area contributed by atoms with Crippen molar-refractivity contribution in [2.24, 2.45) is 5.84 Å². The molecule has 0 radical (unpaired) electrons. The van der Waals surface area contributed by atoms with E-state index >= 15 is 0 Å². The zero-order valence-electron chi connectivity index (χ0n) is 9.88. The number of carbonyl (C=O) groups excluding carboxylic acids is 1. The quantitative estimate of drug-likeness (QED) is 0.527. The van der Waals surface area contributed by atoms with Crippen LogP contribution in [0.5, 0.6) is 0 Å². The Labute approximate surface area is 113 Å². The van der Waals surface area contributed by atoms with Gasteiger partial charge >= 0.3 is 0 Å². The van der Waals surface area contributed by atoms with Crippen LogP contribution < -0.4 is 16.6 Å². The van der Waals surface area contributed by atoms with E-state index in [4.69, 9.17) is 17.4 Å². The lowest BCUT2D eigenvalue weighted by Gasteiger charge is -2.07. The van der Waals surface area contributed by atoms with Crippen molar-refractivity contribution in [2.75, 3.05) is 12.0 Å². The van der Waals surface area contributed by atoms with Gasteiger partial charge in [0.2, 0.25) is 0 Å². The Morgan fingerprint density at radius 3 is 3.00 bits per heavy atom. The molecule has 0 saturated carbocycles. The van der Waals surface area contributed by atoms with Gasteiger partial charge in [-0.25, -0.2) is 10.8 Å². The topological polar surface area (TPSA) is 111 Å². The fourth-order valence-electron chi connectivity index (χ4n) is 1.40. The zero-order chi connectivity index (χ0) is 13.7. The first-order valence-electron chi connectivity index (χ1n) is 5.46. The molecule has 0 aliphatic heterocycles. The second-order valence-electron chi connectivity index (χ2n) is 3.59. The van der Waals surface area contributed by atoms with Gasteiger partial charge in [-0.3, -0.25) is 9.48 Å². The Balaban J connectivity index is 1.95. The summed E-state index contributed by atoms with van der Waals surface area (Å²) in [5.74, 6) is 5.22. The summed E-state index contributed by atoms with van der Waals surface area (Å²) in [6.07, 6.45) is 3.27. The zero-order valence-corrected chi connectivity index (χ0v) is 10.6. The van der Waals surface area contributed by atoms with Gasteiger partial charge in [0.05, 0.1) is 17.8 Å². The molecule has 4 N–H and O–H groups in total. The molecule has 0 aliphatic carbocycles. The molecule has 8 nitrogen and oxygen atoms in total. The first kappa shape index (κ1) is 13.2. The van der Waals surface area contributed by atoms with Gasteiger partial charge in [0, 0.05) is 12.7 Å². The van der Waals surface area contributed by atoms with Crippen molar-refractivity contribution in [1.29, 1.82) is 0 Å². The third-order valence-electron chi connectivity index (χ3n) is 2.31. The summed E-state index contributed by atoms with van der Waals surface area (Å²) in [7, 11) is 0. The van der Waals surface area contributed by atoms with Gasteiger partial charge in [0.25, 0.3) is 5.91 Å². The Morgan fingerprint density at radius 2 is 2.32 bits per heavy atom. The van der Waals surface area contributed by atoms with Crippen LogP contribution in [0.1, 0.15) is 10.5 Å². The highest BCUT2D eigenvalue weighted by Gasteiger charge is 2.12. The number of nitrogens with one attached hydrogen (secondary N) is 2. The summed E-state index contributed by atoms with van der Waals surface area (Å²) in [5.41, 5.74) is 2.48. The smallest absolute Gasteiger partial charge is 0.271 e. The van der Waals surface area contributed by atoms with Gasteiger partial charge in [0.15, 0.2) is 0 Å². The number of hydrogen-bond donors (Lipinski definition) is 3. The molecular weight excluding hydrogens is 270 g/mol. The molecule has 2 aromatic rings. The van der Waals surface area contributed by atoms with Gasteiger partial charge < -0.3 is 10.7 Å². The molecule has 2 heterocycles. The second kappa shape index (κ2) is 6.12. The van der Waals surface area contributed by atoms with E-state index in [1.807, 2.05) is 0 Å². The van der Waals surface area contributed by atoms with E-state index in [0.29, 0.717) is 18.9 Å². The molecule has 100 valence electrons. The molecule has 0 atom stereocenters. The maximum atomic E-state index is 11.9. The summed E-state index contributed by atoms with van der Waals surface area (Å²) >= 11 is 5.91. The SMILES string of the molecule is NNc1ccc(Cl)c(C(=O)NCCn2ccnn2)n1. The van der Waals surface area contributed by atoms with Crippen LogP contribution in [-0.2, 0) is 6.54 Å². The van der Waals surface area contributed by atoms with E-state index < -0.39 is 0 Å². The van der Waals surface area contributed by atoms with Crippen LogP contribution in [0.25, 0.3) is 0 Å². The van der Waals surface area contributed by atoms with Gasteiger partial charge in [-0.15, -0.1) is 5.10 Å². The number of anilines is 1. The third-order valence-corrected chi connectivity index (χ3v) is 2.61. The van der Waals surface area contributed by atoms with E-state index in [2.05, 4.69) is 26.0 Å². The molecule has 2 rings (SSSR count). The average Bonchev–Trinajstić information content (AvgIpc) is 2.92. The van der Waals surface area contributed by atoms with E-state index in [1.54, 1.807) is 29.2 Å². The Morgan fingerprint density at radius 1 is 1.47 bits per heavy atom. The number of rotatable bonds is 5. The van der Waals surface area contributed by atoms with Crippen molar-refractivity contribution in [1.82, 2.24) is 25.3 Å². The highest BCUT2D eigenvalue weighted by Crippen LogP contribution is 2.15. The third kappa shape index (κ3) is 3.39. The molecule has 1 amide bonds. The van der Waals surface area contributed by atoms with Crippen LogP contribution in [0.2, 0.25) is 5.02 Å². The number of pyridine rings is 1. The van der Waals surface area contributed by atoms with E-state index in [-0.39, 0.29) is 16.6 Å². The van der Waals surface area contributed by atoms with Crippen molar-refractivity contribution < 1.29 is 4.79 Å². The standard InChI is InChI=1S/C10H12ClN7O/c11-7-1-2-8(16-12)15-9(7)10(19)13-3-5-18-6-4-14-17-18/h1-2,4,6H,3,5,12H2,(H,13,19)(H,15,16). The predicted molar refractivity (Wildman–Crippen MR) is 69.4 cm³/mol.